The fourth-order valence-electron chi connectivity index (χ4n) is 6.81. The van der Waals surface area contributed by atoms with Gasteiger partial charge in [-0.25, -0.2) is 4.98 Å². The van der Waals surface area contributed by atoms with Crippen LogP contribution in [-0.2, 0) is 24.7 Å². The summed E-state index contributed by atoms with van der Waals surface area (Å²) < 4.78 is 170. The van der Waals surface area contributed by atoms with Crippen molar-refractivity contribution in [1.29, 1.82) is 0 Å². The third-order valence-corrected chi connectivity index (χ3v) is 9.18. The Kier molecular flexibility index (Phi) is 7.63. The zero-order valence-corrected chi connectivity index (χ0v) is 26.8. The predicted octanol–water partition coefficient (Wildman–Crippen LogP) is 13.0. The molecule has 8 rings (SSSR count). The van der Waals surface area contributed by atoms with Crippen molar-refractivity contribution in [3.05, 3.63) is 138 Å². The summed E-state index contributed by atoms with van der Waals surface area (Å²) >= 11 is 0. The molecular formula is C39H19F12N3. The summed E-state index contributed by atoms with van der Waals surface area (Å²) in [4.78, 5) is 4.77. The van der Waals surface area contributed by atoms with Crippen LogP contribution in [0.1, 0.15) is 22.3 Å². The highest BCUT2D eigenvalue weighted by Crippen LogP contribution is 2.43. The second-order valence-electron chi connectivity index (χ2n) is 12.5. The number of pyridine rings is 1. The summed E-state index contributed by atoms with van der Waals surface area (Å²) in [6.45, 7) is 0. The molecule has 0 aliphatic carbocycles. The predicted molar refractivity (Wildman–Crippen MR) is 178 cm³/mol. The lowest BCUT2D eigenvalue weighted by Crippen LogP contribution is -2.11. The van der Waals surface area contributed by atoms with Crippen molar-refractivity contribution in [3.63, 3.8) is 0 Å². The minimum atomic E-state index is -5.19. The molecule has 3 aromatic heterocycles. The lowest BCUT2D eigenvalue weighted by molar-refractivity contribution is -0.143. The monoisotopic (exact) mass is 757 g/mol. The van der Waals surface area contributed by atoms with E-state index in [1.54, 1.807) is 48.5 Å². The van der Waals surface area contributed by atoms with Gasteiger partial charge in [-0.05, 0) is 90.0 Å². The molecule has 5 aromatic carbocycles. The van der Waals surface area contributed by atoms with E-state index in [0.29, 0.717) is 33.9 Å². The Balaban J connectivity index is 1.50. The van der Waals surface area contributed by atoms with Crippen molar-refractivity contribution in [2.75, 3.05) is 0 Å². The largest absolute Gasteiger partial charge is 0.416 e. The van der Waals surface area contributed by atoms with Crippen molar-refractivity contribution >= 4 is 43.6 Å². The molecule has 0 fully saturated rings. The minimum Gasteiger partial charge on any atom is -0.294 e. The van der Waals surface area contributed by atoms with Crippen LogP contribution in [0.15, 0.2) is 115 Å². The van der Waals surface area contributed by atoms with E-state index in [1.165, 1.54) is 33.4 Å². The van der Waals surface area contributed by atoms with Crippen LogP contribution < -0.4 is 0 Å². The molecule has 54 heavy (non-hydrogen) atoms. The number of halogens is 12. The highest BCUT2D eigenvalue weighted by atomic mass is 19.4. The quantitative estimate of drug-likeness (QED) is 0.165. The molecule has 0 N–H and O–H groups in total. The maximum Gasteiger partial charge on any atom is 0.416 e. The molecular weight excluding hydrogens is 738 g/mol. The summed E-state index contributed by atoms with van der Waals surface area (Å²) in [6, 6.07) is 21.8. The molecule has 274 valence electrons. The number of alkyl halides is 12. The number of hydrogen-bond acceptors (Lipinski definition) is 1. The molecule has 0 bridgehead atoms. The fraction of sp³-hybridized carbons (Fsp3) is 0.103. The molecule has 0 atom stereocenters. The van der Waals surface area contributed by atoms with Crippen LogP contribution in [0.5, 0.6) is 0 Å². The van der Waals surface area contributed by atoms with Gasteiger partial charge in [-0.15, -0.1) is 0 Å². The van der Waals surface area contributed by atoms with Crippen molar-refractivity contribution in [2.24, 2.45) is 0 Å². The average Bonchev–Trinajstić information content (AvgIpc) is 3.62. The number of hydrogen-bond donors (Lipinski definition) is 0. The van der Waals surface area contributed by atoms with Crippen LogP contribution in [0.2, 0.25) is 0 Å². The van der Waals surface area contributed by atoms with Gasteiger partial charge in [0.1, 0.15) is 11.6 Å². The Morgan fingerprint density at radius 1 is 0.333 bits per heavy atom. The van der Waals surface area contributed by atoms with E-state index in [9.17, 15) is 52.7 Å². The van der Waals surface area contributed by atoms with Gasteiger partial charge >= 0.3 is 24.7 Å². The van der Waals surface area contributed by atoms with Crippen LogP contribution in [-0.4, -0.2) is 14.1 Å². The maximum atomic E-state index is 14.0. The highest BCUT2D eigenvalue weighted by molar-refractivity contribution is 6.10. The summed E-state index contributed by atoms with van der Waals surface area (Å²) in [5.41, 5.74) is -4.89. The molecule has 0 spiro atoms. The average molecular weight is 758 g/mol. The first-order chi connectivity index (χ1) is 25.3. The molecule has 8 aromatic rings. The number of fused-ring (bicyclic) bond motifs is 6. The third-order valence-electron chi connectivity index (χ3n) is 9.18. The van der Waals surface area contributed by atoms with Gasteiger partial charge in [-0.1, -0.05) is 36.4 Å². The van der Waals surface area contributed by atoms with Gasteiger partial charge in [0.25, 0.3) is 0 Å². The Morgan fingerprint density at radius 2 is 0.685 bits per heavy atom. The number of nitrogens with zero attached hydrogens (tertiary/aromatic N) is 3. The Labute approximate surface area is 295 Å². The minimum absolute atomic E-state index is 0.0249. The van der Waals surface area contributed by atoms with Crippen LogP contribution in [0, 0.1) is 0 Å². The molecule has 0 aliphatic rings. The summed E-state index contributed by atoms with van der Waals surface area (Å²) in [5, 5.41) is 0.929. The van der Waals surface area contributed by atoms with Crippen LogP contribution in [0.3, 0.4) is 0 Å². The van der Waals surface area contributed by atoms with Gasteiger partial charge in [0.2, 0.25) is 0 Å². The third kappa shape index (κ3) is 5.87. The first kappa shape index (κ1) is 35.1. The number of aromatic nitrogens is 3. The van der Waals surface area contributed by atoms with Gasteiger partial charge in [-0.3, -0.25) is 9.13 Å². The first-order valence-corrected chi connectivity index (χ1v) is 15.8. The van der Waals surface area contributed by atoms with E-state index in [-0.39, 0.29) is 45.1 Å². The molecule has 3 heterocycles. The molecule has 0 saturated carbocycles. The molecule has 15 heteroatoms. The van der Waals surface area contributed by atoms with Gasteiger partial charge in [0, 0.05) is 21.5 Å². The van der Waals surface area contributed by atoms with Crippen molar-refractivity contribution in [3.8, 4) is 22.8 Å². The van der Waals surface area contributed by atoms with Crippen molar-refractivity contribution in [2.45, 2.75) is 24.7 Å². The summed E-state index contributed by atoms with van der Waals surface area (Å²) in [7, 11) is 0. The molecule has 0 amide bonds. The standard InChI is InChI=1S/C39H19F12N3/c40-36(41,42)22-9-11-32-28(18-22)26-5-1-3-7-30(26)53(32)34-15-21(20-13-24(38(46,47)48)17-25(14-20)39(49,50)51)16-35(52-34)54-31-8-4-2-6-27(31)29-19-23(37(43,44)45)10-12-33(29)54/h1-19H. The molecule has 0 unspecified atom stereocenters. The van der Waals surface area contributed by atoms with Crippen molar-refractivity contribution < 1.29 is 52.7 Å². The van der Waals surface area contributed by atoms with Crippen molar-refractivity contribution in [1.82, 2.24) is 14.1 Å². The molecule has 3 nitrogen and oxygen atoms in total. The molecule has 0 radical (unpaired) electrons. The Morgan fingerprint density at radius 3 is 1.07 bits per heavy atom. The molecule has 0 saturated heterocycles. The van der Waals surface area contributed by atoms with E-state index in [2.05, 4.69) is 0 Å². The smallest absolute Gasteiger partial charge is 0.294 e. The first-order valence-electron chi connectivity index (χ1n) is 15.8. The zero-order valence-electron chi connectivity index (χ0n) is 26.8. The van der Waals surface area contributed by atoms with Gasteiger partial charge in [0.15, 0.2) is 0 Å². The second-order valence-corrected chi connectivity index (χ2v) is 12.5. The van der Waals surface area contributed by atoms with E-state index in [0.717, 1.165) is 24.3 Å². The van der Waals surface area contributed by atoms with Gasteiger partial charge < -0.3 is 0 Å². The fourth-order valence-corrected chi connectivity index (χ4v) is 6.81. The van der Waals surface area contributed by atoms with Gasteiger partial charge in [-0.2, -0.15) is 52.7 Å². The number of rotatable bonds is 3. The van der Waals surface area contributed by atoms with Gasteiger partial charge in [0.05, 0.1) is 44.3 Å². The molecule has 0 aliphatic heterocycles. The SMILES string of the molecule is FC(F)(F)c1cc(-c2cc(-n3c4ccccc4c4cc(C(F)(F)F)ccc43)nc(-n3c4ccccc4c4cc(C(F)(F)F)ccc43)c2)cc(C(F)(F)F)c1. The maximum absolute atomic E-state index is 14.0. The highest BCUT2D eigenvalue weighted by Gasteiger charge is 2.37. The van der Waals surface area contributed by atoms with Crippen LogP contribution in [0.25, 0.3) is 66.4 Å². The number of para-hydroxylation sites is 2. The zero-order chi connectivity index (χ0) is 38.5. The normalized spacial score (nSPS) is 13.2. The van der Waals surface area contributed by atoms with E-state index >= 15 is 0 Å². The topological polar surface area (TPSA) is 22.8 Å². The van der Waals surface area contributed by atoms with E-state index < -0.39 is 52.5 Å². The number of benzene rings is 5. The lowest BCUT2D eigenvalue weighted by atomic mass is 9.99. The summed E-state index contributed by atoms with van der Waals surface area (Å²) in [5.74, 6) is -0.227. The van der Waals surface area contributed by atoms with E-state index in [4.69, 9.17) is 4.98 Å². The Bertz CT molecular complexity index is 2600. The summed E-state index contributed by atoms with van der Waals surface area (Å²) in [6.07, 6.45) is -19.8. The Hall–Kier alpha value is -5.99. The van der Waals surface area contributed by atoms with Crippen LogP contribution >= 0.6 is 0 Å². The van der Waals surface area contributed by atoms with E-state index in [1.807, 2.05) is 0 Å². The lowest BCUT2D eigenvalue weighted by Gasteiger charge is -2.17. The van der Waals surface area contributed by atoms with Crippen LogP contribution in [0.4, 0.5) is 52.7 Å². The second kappa shape index (κ2) is 11.8.